The Labute approximate surface area is 147 Å². The van der Waals surface area contributed by atoms with Gasteiger partial charge in [-0.1, -0.05) is 17.7 Å². The first kappa shape index (κ1) is 15.8. The standard InChI is InChI=1S/C19H24ClNOS/c1-12-2-3-17(16(20)4-12)21-18(22)11-23-19-8-13-5-14(9-19)7-15(6-13)10-19/h2-4,13-15H,5-11H2,1H3,(H,21,22). The van der Waals surface area contributed by atoms with Crippen LogP contribution in [0.25, 0.3) is 0 Å². The van der Waals surface area contributed by atoms with Crippen molar-refractivity contribution in [3.63, 3.8) is 0 Å². The van der Waals surface area contributed by atoms with Gasteiger partial charge in [0.2, 0.25) is 5.91 Å². The maximum Gasteiger partial charge on any atom is 0.234 e. The Morgan fingerprint density at radius 2 is 1.83 bits per heavy atom. The monoisotopic (exact) mass is 349 g/mol. The van der Waals surface area contributed by atoms with Crippen molar-refractivity contribution in [2.75, 3.05) is 11.1 Å². The number of aryl methyl sites for hydroxylation is 1. The highest BCUT2D eigenvalue weighted by molar-refractivity contribution is 8.01. The third-order valence-electron chi connectivity index (χ3n) is 5.89. The summed E-state index contributed by atoms with van der Waals surface area (Å²) in [6.45, 7) is 2.00. The van der Waals surface area contributed by atoms with Crippen molar-refractivity contribution in [1.82, 2.24) is 0 Å². The van der Waals surface area contributed by atoms with E-state index in [1.807, 2.05) is 36.9 Å². The number of rotatable bonds is 4. The highest BCUT2D eigenvalue weighted by Gasteiger charge is 2.51. The van der Waals surface area contributed by atoms with E-state index in [1.54, 1.807) is 0 Å². The largest absolute Gasteiger partial charge is 0.324 e. The minimum absolute atomic E-state index is 0.0801. The lowest BCUT2D eigenvalue weighted by Gasteiger charge is -2.56. The van der Waals surface area contributed by atoms with Crippen molar-refractivity contribution in [2.45, 2.75) is 50.2 Å². The molecule has 23 heavy (non-hydrogen) atoms. The Kier molecular flexibility index (Phi) is 4.13. The number of hydrogen-bond donors (Lipinski definition) is 1. The number of carbonyl (C=O) groups excluding carboxylic acids is 1. The van der Waals surface area contributed by atoms with E-state index in [0.29, 0.717) is 15.5 Å². The van der Waals surface area contributed by atoms with Gasteiger partial charge in [-0.25, -0.2) is 0 Å². The van der Waals surface area contributed by atoms with Gasteiger partial charge in [-0.15, -0.1) is 11.8 Å². The number of halogens is 1. The first-order valence-electron chi connectivity index (χ1n) is 8.71. The third-order valence-corrected chi connectivity index (χ3v) is 7.72. The summed E-state index contributed by atoms with van der Waals surface area (Å²) in [6.07, 6.45) is 8.35. The van der Waals surface area contributed by atoms with Crippen LogP contribution in [0.2, 0.25) is 5.02 Å². The van der Waals surface area contributed by atoms with Gasteiger partial charge in [0.15, 0.2) is 0 Å². The molecule has 4 aliphatic carbocycles. The second-order valence-corrected chi connectivity index (χ2v) is 9.77. The van der Waals surface area contributed by atoms with Crippen molar-refractivity contribution in [1.29, 1.82) is 0 Å². The average molecular weight is 350 g/mol. The third kappa shape index (κ3) is 3.28. The Morgan fingerprint density at radius 3 is 2.39 bits per heavy atom. The quantitative estimate of drug-likeness (QED) is 0.800. The maximum absolute atomic E-state index is 12.4. The molecule has 2 nitrogen and oxygen atoms in total. The van der Waals surface area contributed by atoms with Gasteiger partial charge in [-0.05, 0) is 80.9 Å². The molecule has 5 rings (SSSR count). The van der Waals surface area contributed by atoms with E-state index < -0.39 is 0 Å². The van der Waals surface area contributed by atoms with Gasteiger partial charge in [-0.3, -0.25) is 4.79 Å². The van der Waals surface area contributed by atoms with Gasteiger partial charge < -0.3 is 5.32 Å². The number of thioether (sulfide) groups is 1. The number of amides is 1. The van der Waals surface area contributed by atoms with Gasteiger partial charge in [-0.2, -0.15) is 0 Å². The van der Waals surface area contributed by atoms with Gasteiger partial charge in [0, 0.05) is 4.75 Å². The van der Waals surface area contributed by atoms with Gasteiger partial charge in [0.05, 0.1) is 16.5 Å². The fraction of sp³-hybridized carbons (Fsp3) is 0.632. The number of carbonyl (C=O) groups is 1. The van der Waals surface area contributed by atoms with E-state index in [-0.39, 0.29) is 5.91 Å². The van der Waals surface area contributed by atoms with E-state index in [1.165, 1.54) is 38.5 Å². The number of nitrogens with one attached hydrogen (secondary N) is 1. The lowest BCUT2D eigenvalue weighted by atomic mass is 9.56. The summed E-state index contributed by atoms with van der Waals surface area (Å²) in [7, 11) is 0. The fourth-order valence-electron chi connectivity index (χ4n) is 5.33. The van der Waals surface area contributed by atoms with Crippen molar-refractivity contribution in [3.05, 3.63) is 28.8 Å². The normalized spacial score (nSPS) is 34.6. The molecule has 0 saturated heterocycles. The fourth-order valence-corrected chi connectivity index (χ4v) is 7.19. The molecule has 0 unspecified atom stereocenters. The summed E-state index contributed by atoms with van der Waals surface area (Å²) >= 11 is 8.12. The minimum Gasteiger partial charge on any atom is -0.324 e. The van der Waals surface area contributed by atoms with E-state index >= 15 is 0 Å². The average Bonchev–Trinajstić information content (AvgIpc) is 2.47. The lowest BCUT2D eigenvalue weighted by molar-refractivity contribution is -0.113. The first-order chi connectivity index (χ1) is 11.0. The molecule has 4 heteroatoms. The zero-order chi connectivity index (χ0) is 16.0. The Bertz CT molecular complexity index is 595. The summed E-state index contributed by atoms with van der Waals surface area (Å²) in [5, 5.41) is 3.60. The van der Waals surface area contributed by atoms with Crippen molar-refractivity contribution in [2.24, 2.45) is 17.8 Å². The van der Waals surface area contributed by atoms with Crippen LogP contribution < -0.4 is 5.32 Å². The smallest absolute Gasteiger partial charge is 0.234 e. The van der Waals surface area contributed by atoms with Crippen LogP contribution >= 0.6 is 23.4 Å². The van der Waals surface area contributed by atoms with Crippen LogP contribution in [0.15, 0.2) is 18.2 Å². The van der Waals surface area contributed by atoms with Crippen LogP contribution in [0.4, 0.5) is 5.69 Å². The molecule has 1 aromatic carbocycles. The van der Waals surface area contributed by atoms with E-state index in [0.717, 1.165) is 29.0 Å². The van der Waals surface area contributed by atoms with Crippen molar-refractivity contribution >= 4 is 35.0 Å². The van der Waals surface area contributed by atoms with E-state index in [2.05, 4.69) is 5.32 Å². The summed E-state index contributed by atoms with van der Waals surface area (Å²) in [4.78, 5) is 12.4. The summed E-state index contributed by atoms with van der Waals surface area (Å²) in [5.74, 6) is 3.43. The van der Waals surface area contributed by atoms with Crippen LogP contribution in [-0.4, -0.2) is 16.4 Å². The molecule has 4 fully saturated rings. The predicted octanol–water partition coefficient (Wildman–Crippen LogP) is 5.29. The highest BCUT2D eigenvalue weighted by atomic mass is 35.5. The first-order valence-corrected chi connectivity index (χ1v) is 10.1. The van der Waals surface area contributed by atoms with Gasteiger partial charge in [0.1, 0.15) is 0 Å². The molecule has 1 N–H and O–H groups in total. The molecule has 0 heterocycles. The summed E-state index contributed by atoms with van der Waals surface area (Å²) < 4.78 is 0.392. The Balaban J connectivity index is 1.36. The Morgan fingerprint density at radius 1 is 1.22 bits per heavy atom. The predicted molar refractivity (Wildman–Crippen MR) is 98.2 cm³/mol. The molecular formula is C19H24ClNOS. The maximum atomic E-state index is 12.4. The van der Waals surface area contributed by atoms with Crippen LogP contribution in [0, 0.1) is 24.7 Å². The zero-order valence-electron chi connectivity index (χ0n) is 13.6. The molecule has 1 aromatic rings. The lowest BCUT2D eigenvalue weighted by Crippen LogP contribution is -2.49. The SMILES string of the molecule is Cc1ccc(NC(=O)CSC23CC4CC(CC(C4)C2)C3)c(Cl)c1. The molecule has 4 saturated carbocycles. The molecule has 0 aliphatic heterocycles. The Hall–Kier alpha value is -0.670. The molecule has 0 aromatic heterocycles. The highest BCUT2D eigenvalue weighted by Crippen LogP contribution is 2.60. The number of anilines is 1. The minimum atomic E-state index is 0.0801. The van der Waals surface area contributed by atoms with Crippen molar-refractivity contribution in [3.8, 4) is 0 Å². The molecule has 0 atom stereocenters. The number of hydrogen-bond acceptors (Lipinski definition) is 2. The van der Waals surface area contributed by atoms with E-state index in [9.17, 15) is 4.79 Å². The van der Waals surface area contributed by atoms with Crippen molar-refractivity contribution < 1.29 is 4.79 Å². The second-order valence-electron chi connectivity index (χ2n) is 7.92. The molecule has 4 aliphatic rings. The van der Waals surface area contributed by atoms with Gasteiger partial charge in [0.25, 0.3) is 0 Å². The zero-order valence-corrected chi connectivity index (χ0v) is 15.2. The topological polar surface area (TPSA) is 29.1 Å². The second kappa shape index (κ2) is 6.00. The summed E-state index contributed by atoms with van der Waals surface area (Å²) in [6, 6.07) is 5.77. The van der Waals surface area contributed by atoms with E-state index in [4.69, 9.17) is 11.6 Å². The molecule has 0 spiro atoms. The molecule has 0 radical (unpaired) electrons. The molecule has 4 bridgehead atoms. The molecule has 124 valence electrons. The van der Waals surface area contributed by atoms with Crippen LogP contribution in [0.5, 0.6) is 0 Å². The van der Waals surface area contributed by atoms with Crippen LogP contribution in [0.1, 0.15) is 44.1 Å². The van der Waals surface area contributed by atoms with Crippen LogP contribution in [-0.2, 0) is 4.79 Å². The molecular weight excluding hydrogens is 326 g/mol. The molecule has 1 amide bonds. The number of benzene rings is 1. The van der Waals surface area contributed by atoms with Crippen LogP contribution in [0.3, 0.4) is 0 Å². The van der Waals surface area contributed by atoms with Gasteiger partial charge >= 0.3 is 0 Å². The summed E-state index contributed by atoms with van der Waals surface area (Å²) in [5.41, 5.74) is 1.84.